The Morgan fingerprint density at radius 2 is 2.00 bits per heavy atom. The number of carbonyl (C=O) groups is 1. The van der Waals surface area contributed by atoms with Crippen molar-refractivity contribution in [2.45, 2.75) is 31.5 Å². The molecule has 1 aliphatic rings. The van der Waals surface area contributed by atoms with E-state index in [1.807, 2.05) is 0 Å². The van der Waals surface area contributed by atoms with Crippen molar-refractivity contribution < 1.29 is 26.4 Å². The maximum absolute atomic E-state index is 12.8. The molecule has 1 atom stereocenters. The summed E-state index contributed by atoms with van der Waals surface area (Å²) in [4.78, 5) is 12.0. The lowest BCUT2D eigenvalue weighted by molar-refractivity contribution is -0.137. The van der Waals surface area contributed by atoms with E-state index < -0.39 is 27.7 Å². The summed E-state index contributed by atoms with van der Waals surface area (Å²) in [6.45, 7) is 0.794. The highest BCUT2D eigenvalue weighted by molar-refractivity contribution is 7.92. The van der Waals surface area contributed by atoms with E-state index in [1.165, 1.54) is 0 Å². The second-order valence-electron chi connectivity index (χ2n) is 5.68. The minimum absolute atomic E-state index is 0. The highest BCUT2D eigenvalue weighted by Crippen LogP contribution is 2.34. The van der Waals surface area contributed by atoms with Gasteiger partial charge in [0.2, 0.25) is 15.9 Å². The maximum Gasteiger partial charge on any atom is 0.416 e. The molecule has 0 bridgehead atoms. The van der Waals surface area contributed by atoms with Gasteiger partial charge in [-0.25, -0.2) is 8.42 Å². The van der Waals surface area contributed by atoms with E-state index in [0.29, 0.717) is 6.07 Å². The number of sulfonamides is 1. The zero-order chi connectivity index (χ0) is 18.0. The van der Waals surface area contributed by atoms with Crippen molar-refractivity contribution in [2.75, 3.05) is 22.8 Å². The third-order valence-electron chi connectivity index (χ3n) is 3.51. The fraction of sp³-hybridized carbons (Fsp3) is 0.500. The number of alkyl halides is 3. The first-order valence-corrected chi connectivity index (χ1v) is 9.16. The highest BCUT2D eigenvalue weighted by atomic mass is 35.5. The molecule has 0 spiro atoms. The minimum Gasteiger partial charge on any atom is -0.324 e. The van der Waals surface area contributed by atoms with Crippen molar-refractivity contribution >= 4 is 39.7 Å². The zero-order valence-electron chi connectivity index (χ0n) is 13.3. The van der Waals surface area contributed by atoms with Crippen LogP contribution in [0.5, 0.6) is 0 Å². The molecule has 0 saturated carbocycles. The zero-order valence-corrected chi connectivity index (χ0v) is 14.9. The molecule has 1 fully saturated rings. The number of hydrogen-bond acceptors (Lipinski definition) is 4. The molecule has 0 radical (unpaired) electrons. The quantitative estimate of drug-likeness (QED) is 0.707. The van der Waals surface area contributed by atoms with Gasteiger partial charge in [0, 0.05) is 12.5 Å². The van der Waals surface area contributed by atoms with Gasteiger partial charge in [0.15, 0.2) is 0 Å². The number of carbonyl (C=O) groups excluding carboxylic acids is 1. The van der Waals surface area contributed by atoms with Crippen LogP contribution < -0.4 is 15.4 Å². The molecule has 142 valence electrons. The first-order chi connectivity index (χ1) is 11.0. The van der Waals surface area contributed by atoms with Crippen molar-refractivity contribution in [3.8, 4) is 0 Å². The van der Waals surface area contributed by atoms with E-state index in [1.54, 1.807) is 0 Å². The fourth-order valence-electron chi connectivity index (χ4n) is 2.47. The number of benzene rings is 1. The molecular weight excluding hydrogens is 383 g/mol. The van der Waals surface area contributed by atoms with Crippen LogP contribution in [-0.2, 0) is 21.0 Å². The second kappa shape index (κ2) is 8.24. The van der Waals surface area contributed by atoms with Crippen LogP contribution in [-0.4, -0.2) is 33.2 Å². The predicted octanol–water partition coefficient (Wildman–Crippen LogP) is 2.58. The van der Waals surface area contributed by atoms with Crippen LogP contribution in [0.4, 0.5) is 24.5 Å². The highest BCUT2D eigenvalue weighted by Gasteiger charge is 2.31. The number of anilines is 2. The van der Waals surface area contributed by atoms with Gasteiger partial charge in [-0.15, -0.1) is 12.4 Å². The Balaban J connectivity index is 0.00000312. The van der Waals surface area contributed by atoms with Gasteiger partial charge in [0.1, 0.15) is 0 Å². The minimum atomic E-state index is -4.60. The molecule has 6 nitrogen and oxygen atoms in total. The van der Waals surface area contributed by atoms with E-state index in [0.717, 1.165) is 37.8 Å². The molecule has 1 aliphatic heterocycles. The molecule has 11 heteroatoms. The summed E-state index contributed by atoms with van der Waals surface area (Å²) in [5.74, 6) is -0.481. The van der Waals surface area contributed by atoms with Crippen molar-refractivity contribution in [1.82, 2.24) is 5.32 Å². The number of rotatable bonds is 5. The van der Waals surface area contributed by atoms with Crippen molar-refractivity contribution in [1.29, 1.82) is 0 Å². The molecule has 1 amide bonds. The Kier molecular flexibility index (Phi) is 7.09. The lowest BCUT2D eigenvalue weighted by atomic mass is 10.1. The molecule has 1 saturated heterocycles. The van der Waals surface area contributed by atoms with Crippen LogP contribution in [0.15, 0.2) is 18.2 Å². The topological polar surface area (TPSA) is 87.3 Å². The third kappa shape index (κ3) is 6.71. The summed E-state index contributed by atoms with van der Waals surface area (Å²) in [7, 11) is -3.70. The van der Waals surface area contributed by atoms with E-state index in [9.17, 15) is 26.4 Å². The predicted molar refractivity (Wildman–Crippen MR) is 91.4 cm³/mol. The summed E-state index contributed by atoms with van der Waals surface area (Å²) in [5.41, 5.74) is -1.31. The lowest BCUT2D eigenvalue weighted by Gasteiger charge is -2.16. The van der Waals surface area contributed by atoms with Gasteiger partial charge in [-0.3, -0.25) is 9.52 Å². The van der Waals surface area contributed by atoms with Gasteiger partial charge in [-0.2, -0.15) is 13.2 Å². The molecule has 1 heterocycles. The Morgan fingerprint density at radius 1 is 1.32 bits per heavy atom. The molecule has 1 aromatic rings. The number of hydrogen-bond donors (Lipinski definition) is 3. The van der Waals surface area contributed by atoms with E-state index >= 15 is 0 Å². The summed E-state index contributed by atoms with van der Waals surface area (Å²) in [6, 6.07) is 2.42. The van der Waals surface area contributed by atoms with Crippen LogP contribution >= 0.6 is 12.4 Å². The summed E-state index contributed by atoms with van der Waals surface area (Å²) in [5, 5.41) is 5.48. The Labute approximate surface area is 150 Å². The third-order valence-corrected chi connectivity index (χ3v) is 4.10. The van der Waals surface area contributed by atoms with Crippen molar-refractivity contribution in [3.05, 3.63) is 23.8 Å². The smallest absolute Gasteiger partial charge is 0.324 e. The average Bonchev–Trinajstić information content (AvgIpc) is 2.90. The standard InChI is InChI=1S/C14H18F3N3O3S.ClH/c1-24(22,23)20-11-5-4-9(14(15,16)17)7-12(11)19-13(21)8-10-3-2-6-18-10;/h4-5,7,10,18,20H,2-3,6,8H2,1H3,(H,19,21);1H. The first-order valence-electron chi connectivity index (χ1n) is 7.27. The summed E-state index contributed by atoms with van der Waals surface area (Å²) in [6.07, 6.45) is -1.88. The molecule has 0 aromatic heterocycles. The van der Waals surface area contributed by atoms with Crippen molar-refractivity contribution in [2.24, 2.45) is 0 Å². The first kappa shape index (κ1) is 21.5. The molecule has 1 unspecified atom stereocenters. The van der Waals surface area contributed by atoms with E-state index in [2.05, 4.69) is 15.4 Å². The van der Waals surface area contributed by atoms with E-state index in [-0.39, 0.29) is 36.2 Å². The largest absolute Gasteiger partial charge is 0.416 e. The molecule has 0 aliphatic carbocycles. The monoisotopic (exact) mass is 401 g/mol. The lowest BCUT2D eigenvalue weighted by Crippen LogP contribution is -2.28. The summed E-state index contributed by atoms with van der Waals surface area (Å²) >= 11 is 0. The molecule has 1 aromatic carbocycles. The van der Waals surface area contributed by atoms with Crippen LogP contribution in [0.3, 0.4) is 0 Å². The number of amides is 1. The molecule has 25 heavy (non-hydrogen) atoms. The number of nitrogens with one attached hydrogen (secondary N) is 3. The van der Waals surface area contributed by atoms with Gasteiger partial charge < -0.3 is 10.6 Å². The average molecular weight is 402 g/mol. The second-order valence-corrected chi connectivity index (χ2v) is 7.43. The molecule has 3 N–H and O–H groups in total. The van der Waals surface area contributed by atoms with Gasteiger partial charge in [-0.1, -0.05) is 0 Å². The number of halogens is 4. The van der Waals surface area contributed by atoms with Crippen molar-refractivity contribution in [3.63, 3.8) is 0 Å². The summed E-state index contributed by atoms with van der Waals surface area (Å²) < 4.78 is 63.3. The van der Waals surface area contributed by atoms with E-state index in [4.69, 9.17) is 0 Å². The van der Waals surface area contributed by atoms with Crippen LogP contribution in [0.1, 0.15) is 24.8 Å². The fourth-order valence-corrected chi connectivity index (χ4v) is 3.05. The Bertz CT molecular complexity index is 720. The molecular formula is C14H19ClF3N3O3S. The van der Waals surface area contributed by atoms with Gasteiger partial charge in [0.05, 0.1) is 23.2 Å². The maximum atomic E-state index is 12.8. The van der Waals surface area contributed by atoms with Gasteiger partial charge in [0.25, 0.3) is 0 Å². The Morgan fingerprint density at radius 3 is 2.52 bits per heavy atom. The van der Waals surface area contributed by atoms with Crippen LogP contribution in [0.2, 0.25) is 0 Å². The SMILES string of the molecule is CS(=O)(=O)Nc1ccc(C(F)(F)F)cc1NC(=O)CC1CCCN1.Cl. The van der Waals surface area contributed by atoms with Gasteiger partial charge >= 0.3 is 6.18 Å². The normalized spacial score (nSPS) is 17.7. The van der Waals surface area contributed by atoms with Crippen LogP contribution in [0.25, 0.3) is 0 Å². The van der Waals surface area contributed by atoms with Gasteiger partial charge in [-0.05, 0) is 37.6 Å². The Hall–Kier alpha value is -1.52. The van der Waals surface area contributed by atoms with Crippen LogP contribution in [0, 0.1) is 0 Å². The molecule has 2 rings (SSSR count).